The van der Waals surface area contributed by atoms with E-state index >= 15 is 0 Å². The number of methoxy groups -OCH3 is 1. The van der Waals surface area contributed by atoms with E-state index in [1.54, 1.807) is 44.2 Å². The second-order valence-electron chi connectivity index (χ2n) is 5.35. The molecule has 0 aromatic heterocycles. The van der Waals surface area contributed by atoms with Crippen molar-refractivity contribution in [1.82, 2.24) is 5.32 Å². The largest absolute Gasteiger partial charge is 0.469 e. The molecule has 0 saturated carbocycles. The quantitative estimate of drug-likeness (QED) is 0.652. The topological polar surface area (TPSA) is 81.7 Å². The predicted octanol–water partition coefficient (Wildman–Crippen LogP) is 1.16. The Bertz CT molecular complexity index is 571. The molecular formula is C16H19NO5. The van der Waals surface area contributed by atoms with Crippen LogP contribution in [0.1, 0.15) is 24.2 Å². The summed E-state index contributed by atoms with van der Waals surface area (Å²) in [5.41, 5.74) is 0.423. The molecule has 0 aliphatic carbocycles. The number of ether oxygens (including phenoxy) is 2. The number of amides is 1. The Morgan fingerprint density at radius 3 is 2.36 bits per heavy atom. The monoisotopic (exact) mass is 305 g/mol. The molecule has 0 bridgehead atoms. The number of hydrogen-bond acceptors (Lipinski definition) is 5. The first kappa shape index (κ1) is 16.0. The van der Waals surface area contributed by atoms with E-state index in [0.29, 0.717) is 5.56 Å². The normalized spacial score (nSPS) is 22.8. The third-order valence-electron chi connectivity index (χ3n) is 3.92. The average Bonchev–Trinajstić information content (AvgIpc) is 2.51. The molecule has 0 radical (unpaired) electrons. The summed E-state index contributed by atoms with van der Waals surface area (Å²) < 4.78 is 10.0. The first-order valence-corrected chi connectivity index (χ1v) is 7.10. The third kappa shape index (κ3) is 3.10. The highest BCUT2D eigenvalue weighted by atomic mass is 16.5. The molecule has 0 unspecified atom stereocenters. The van der Waals surface area contributed by atoms with E-state index in [1.807, 2.05) is 0 Å². The molecule has 118 valence electrons. The number of nitrogens with one attached hydrogen (secondary N) is 1. The molecule has 1 fully saturated rings. The molecule has 2 rings (SSSR count). The summed E-state index contributed by atoms with van der Waals surface area (Å²) in [6.45, 7) is 3.33. The summed E-state index contributed by atoms with van der Waals surface area (Å²) in [5.74, 6) is -2.17. The lowest BCUT2D eigenvalue weighted by molar-refractivity contribution is -0.153. The Morgan fingerprint density at radius 2 is 1.82 bits per heavy atom. The van der Waals surface area contributed by atoms with Crippen LogP contribution in [0, 0.1) is 11.8 Å². The van der Waals surface area contributed by atoms with E-state index in [9.17, 15) is 14.4 Å². The number of hydrogen-bond donors (Lipinski definition) is 1. The first-order valence-electron chi connectivity index (χ1n) is 7.10. The van der Waals surface area contributed by atoms with Crippen LogP contribution < -0.4 is 5.32 Å². The summed E-state index contributed by atoms with van der Waals surface area (Å²) >= 11 is 0. The van der Waals surface area contributed by atoms with Gasteiger partial charge in [-0.2, -0.15) is 0 Å². The summed E-state index contributed by atoms with van der Waals surface area (Å²) in [7, 11) is 1.30. The van der Waals surface area contributed by atoms with Gasteiger partial charge in [0, 0.05) is 0 Å². The molecule has 6 heteroatoms. The summed E-state index contributed by atoms with van der Waals surface area (Å²) in [6, 6.07) is 8.17. The number of rotatable bonds is 5. The Balaban J connectivity index is 2.02. The molecule has 1 saturated heterocycles. The minimum atomic E-state index is -0.626. The molecule has 4 atom stereocenters. The second kappa shape index (κ2) is 6.60. The van der Waals surface area contributed by atoms with Crippen molar-refractivity contribution < 1.29 is 23.9 Å². The van der Waals surface area contributed by atoms with Crippen LogP contribution in [0.3, 0.4) is 0 Å². The van der Waals surface area contributed by atoms with E-state index in [2.05, 4.69) is 10.1 Å². The van der Waals surface area contributed by atoms with E-state index in [0.717, 1.165) is 0 Å². The smallest absolute Gasteiger partial charge is 0.338 e. The molecule has 6 nitrogen and oxygen atoms in total. The van der Waals surface area contributed by atoms with Crippen LogP contribution in [-0.4, -0.2) is 37.1 Å². The van der Waals surface area contributed by atoms with Gasteiger partial charge >= 0.3 is 11.9 Å². The molecule has 1 aromatic carbocycles. The van der Waals surface area contributed by atoms with Gasteiger partial charge in [-0.05, 0) is 26.0 Å². The molecular weight excluding hydrogens is 286 g/mol. The maximum atomic E-state index is 12.0. The van der Waals surface area contributed by atoms with Crippen molar-refractivity contribution in [2.75, 3.05) is 7.11 Å². The lowest BCUT2D eigenvalue weighted by Crippen LogP contribution is -2.65. The first-order chi connectivity index (χ1) is 10.5. The van der Waals surface area contributed by atoms with Gasteiger partial charge in [0.2, 0.25) is 5.91 Å². The summed E-state index contributed by atoms with van der Waals surface area (Å²) in [6.07, 6.45) is -0.626. The van der Waals surface area contributed by atoms with Crippen molar-refractivity contribution in [2.24, 2.45) is 11.8 Å². The van der Waals surface area contributed by atoms with Gasteiger partial charge < -0.3 is 14.8 Å². The lowest BCUT2D eigenvalue weighted by atomic mass is 9.79. The Labute approximate surface area is 128 Å². The molecule has 1 N–H and O–H groups in total. The van der Waals surface area contributed by atoms with Crippen LogP contribution in [0.4, 0.5) is 0 Å². The van der Waals surface area contributed by atoms with E-state index < -0.39 is 35.9 Å². The van der Waals surface area contributed by atoms with Crippen LogP contribution in [0.25, 0.3) is 0 Å². The molecule has 0 spiro atoms. The lowest BCUT2D eigenvalue weighted by Gasteiger charge is -2.41. The maximum Gasteiger partial charge on any atom is 0.338 e. The van der Waals surface area contributed by atoms with Gasteiger partial charge in [-0.15, -0.1) is 0 Å². The van der Waals surface area contributed by atoms with Crippen molar-refractivity contribution >= 4 is 17.8 Å². The van der Waals surface area contributed by atoms with Crippen LogP contribution in [-0.2, 0) is 19.1 Å². The van der Waals surface area contributed by atoms with Gasteiger partial charge in [0.15, 0.2) is 0 Å². The zero-order chi connectivity index (χ0) is 16.3. The number of carbonyl (C=O) groups excluding carboxylic acids is 3. The van der Waals surface area contributed by atoms with E-state index in [1.165, 1.54) is 7.11 Å². The van der Waals surface area contributed by atoms with Gasteiger partial charge in [-0.25, -0.2) is 4.79 Å². The van der Waals surface area contributed by atoms with Gasteiger partial charge in [0.05, 0.1) is 30.6 Å². The standard InChI is InChI=1S/C16H19NO5/c1-9(15(19)21-3)13-12(14(18)17-13)10(2)22-16(20)11-7-5-4-6-8-11/h4-10,12-13H,1-3H3,(H,17,18)/t9-,10-,12-,13-/m1/s1. The van der Waals surface area contributed by atoms with Crippen LogP contribution in [0.15, 0.2) is 30.3 Å². The van der Waals surface area contributed by atoms with Crippen molar-refractivity contribution in [3.05, 3.63) is 35.9 Å². The molecule has 1 heterocycles. The maximum absolute atomic E-state index is 12.0. The minimum Gasteiger partial charge on any atom is -0.469 e. The molecule has 1 aliphatic rings. The van der Waals surface area contributed by atoms with Gasteiger partial charge in [-0.1, -0.05) is 18.2 Å². The number of benzene rings is 1. The Morgan fingerprint density at radius 1 is 1.18 bits per heavy atom. The summed E-state index contributed by atoms with van der Waals surface area (Å²) in [5, 5.41) is 2.67. The Kier molecular flexibility index (Phi) is 4.80. The number of β-lactam (4-membered cyclic amide) rings is 1. The molecule has 22 heavy (non-hydrogen) atoms. The van der Waals surface area contributed by atoms with Crippen LogP contribution in [0.2, 0.25) is 0 Å². The van der Waals surface area contributed by atoms with Crippen molar-refractivity contribution in [3.8, 4) is 0 Å². The third-order valence-corrected chi connectivity index (χ3v) is 3.92. The zero-order valence-corrected chi connectivity index (χ0v) is 12.7. The fraction of sp³-hybridized carbons (Fsp3) is 0.438. The highest BCUT2D eigenvalue weighted by Crippen LogP contribution is 2.28. The highest BCUT2D eigenvalue weighted by Gasteiger charge is 2.49. The van der Waals surface area contributed by atoms with Gasteiger partial charge in [-0.3, -0.25) is 9.59 Å². The Hall–Kier alpha value is -2.37. The predicted molar refractivity (Wildman–Crippen MR) is 77.9 cm³/mol. The van der Waals surface area contributed by atoms with E-state index in [-0.39, 0.29) is 5.91 Å². The van der Waals surface area contributed by atoms with Crippen LogP contribution in [0.5, 0.6) is 0 Å². The SMILES string of the molecule is COC(=O)[C@H](C)[C@H]1NC(=O)[C@@H]1[C@@H](C)OC(=O)c1ccccc1. The molecule has 1 amide bonds. The minimum absolute atomic E-state index is 0.228. The van der Waals surface area contributed by atoms with E-state index in [4.69, 9.17) is 4.74 Å². The fourth-order valence-electron chi connectivity index (χ4n) is 2.58. The number of carbonyl (C=O) groups is 3. The van der Waals surface area contributed by atoms with Crippen molar-refractivity contribution in [2.45, 2.75) is 26.0 Å². The second-order valence-corrected chi connectivity index (χ2v) is 5.35. The van der Waals surface area contributed by atoms with Crippen molar-refractivity contribution in [3.63, 3.8) is 0 Å². The summed E-state index contributed by atoms with van der Waals surface area (Å²) in [4.78, 5) is 35.4. The van der Waals surface area contributed by atoms with Crippen molar-refractivity contribution in [1.29, 1.82) is 0 Å². The number of esters is 2. The highest BCUT2D eigenvalue weighted by molar-refractivity contribution is 5.91. The molecule has 1 aromatic rings. The molecule has 1 aliphatic heterocycles. The van der Waals surface area contributed by atoms with Gasteiger partial charge in [0.1, 0.15) is 6.10 Å². The fourth-order valence-corrected chi connectivity index (χ4v) is 2.58. The van der Waals surface area contributed by atoms with Crippen LogP contribution >= 0.6 is 0 Å². The average molecular weight is 305 g/mol. The van der Waals surface area contributed by atoms with Gasteiger partial charge in [0.25, 0.3) is 0 Å². The zero-order valence-electron chi connectivity index (χ0n) is 12.7.